The lowest BCUT2D eigenvalue weighted by Gasteiger charge is -2.10. The van der Waals surface area contributed by atoms with Crippen molar-refractivity contribution in [1.29, 1.82) is 0 Å². The minimum Gasteiger partial charge on any atom is -0.340 e. The third kappa shape index (κ3) is 3.05. The van der Waals surface area contributed by atoms with Crippen molar-refractivity contribution in [3.63, 3.8) is 0 Å². The average Bonchev–Trinajstić information content (AvgIpc) is 3.17. The molecule has 28 heavy (non-hydrogen) atoms. The predicted octanol–water partition coefficient (Wildman–Crippen LogP) is 5.00. The van der Waals surface area contributed by atoms with Crippen molar-refractivity contribution in [2.24, 2.45) is 0 Å². The minimum absolute atomic E-state index is 0.614. The SMILES string of the molecule is CCc1nc2ccc(Nc3nc(-c4ccncc4)nc4ncccc34)cc2s1. The second-order valence-electron chi connectivity index (χ2n) is 6.27. The molecule has 0 radical (unpaired) electrons. The van der Waals surface area contributed by atoms with Gasteiger partial charge in [-0.25, -0.2) is 19.9 Å². The molecule has 0 aliphatic rings. The van der Waals surface area contributed by atoms with Gasteiger partial charge < -0.3 is 5.32 Å². The summed E-state index contributed by atoms with van der Waals surface area (Å²) in [6, 6.07) is 13.8. The molecular formula is C21H16N6S. The summed E-state index contributed by atoms with van der Waals surface area (Å²) < 4.78 is 1.16. The summed E-state index contributed by atoms with van der Waals surface area (Å²) in [5, 5.41) is 5.47. The zero-order chi connectivity index (χ0) is 18.9. The van der Waals surface area contributed by atoms with Gasteiger partial charge in [0.15, 0.2) is 11.5 Å². The van der Waals surface area contributed by atoms with Crippen LogP contribution in [0.4, 0.5) is 11.5 Å². The smallest absolute Gasteiger partial charge is 0.165 e. The zero-order valence-corrected chi connectivity index (χ0v) is 15.9. The van der Waals surface area contributed by atoms with E-state index >= 15 is 0 Å². The van der Waals surface area contributed by atoms with E-state index in [-0.39, 0.29) is 0 Å². The summed E-state index contributed by atoms with van der Waals surface area (Å²) in [7, 11) is 0. The van der Waals surface area contributed by atoms with Gasteiger partial charge in [-0.2, -0.15) is 0 Å². The van der Waals surface area contributed by atoms with Crippen LogP contribution in [-0.4, -0.2) is 24.9 Å². The molecule has 6 nitrogen and oxygen atoms in total. The van der Waals surface area contributed by atoms with E-state index in [4.69, 9.17) is 4.98 Å². The van der Waals surface area contributed by atoms with Crippen LogP contribution in [0.1, 0.15) is 11.9 Å². The maximum atomic E-state index is 4.77. The zero-order valence-electron chi connectivity index (χ0n) is 15.1. The number of hydrogen-bond donors (Lipinski definition) is 1. The Kier molecular flexibility index (Phi) is 4.14. The first kappa shape index (κ1) is 16.7. The van der Waals surface area contributed by atoms with Gasteiger partial charge in [0.25, 0.3) is 0 Å². The number of benzene rings is 1. The van der Waals surface area contributed by atoms with E-state index in [2.05, 4.69) is 38.2 Å². The summed E-state index contributed by atoms with van der Waals surface area (Å²) in [6.45, 7) is 2.12. The van der Waals surface area contributed by atoms with Gasteiger partial charge in [0.1, 0.15) is 5.82 Å². The highest BCUT2D eigenvalue weighted by molar-refractivity contribution is 7.18. The molecule has 5 aromatic rings. The van der Waals surface area contributed by atoms with Gasteiger partial charge in [0.05, 0.1) is 20.6 Å². The number of fused-ring (bicyclic) bond motifs is 2. The van der Waals surface area contributed by atoms with Crippen molar-refractivity contribution >= 4 is 44.1 Å². The van der Waals surface area contributed by atoms with Crippen LogP contribution in [0.25, 0.3) is 32.6 Å². The Morgan fingerprint density at radius 2 is 1.86 bits per heavy atom. The predicted molar refractivity (Wildman–Crippen MR) is 113 cm³/mol. The summed E-state index contributed by atoms with van der Waals surface area (Å²) in [5.41, 5.74) is 3.54. The number of rotatable bonds is 4. The second kappa shape index (κ2) is 6.94. The Hall–Kier alpha value is -3.45. The third-order valence-corrected chi connectivity index (χ3v) is 5.57. The quantitative estimate of drug-likeness (QED) is 0.470. The lowest BCUT2D eigenvalue weighted by atomic mass is 10.2. The van der Waals surface area contributed by atoms with Crippen LogP contribution in [0.5, 0.6) is 0 Å². The Labute approximate surface area is 165 Å². The van der Waals surface area contributed by atoms with Crippen molar-refractivity contribution in [2.75, 3.05) is 5.32 Å². The summed E-state index contributed by atoms with van der Waals surface area (Å²) in [4.78, 5) is 22.5. The van der Waals surface area contributed by atoms with Gasteiger partial charge in [-0.05, 0) is 48.9 Å². The first-order valence-electron chi connectivity index (χ1n) is 9.00. The van der Waals surface area contributed by atoms with Crippen molar-refractivity contribution in [1.82, 2.24) is 24.9 Å². The fraction of sp³-hybridized carbons (Fsp3) is 0.0952. The van der Waals surface area contributed by atoms with E-state index in [1.54, 1.807) is 29.9 Å². The molecule has 0 unspecified atom stereocenters. The monoisotopic (exact) mass is 384 g/mol. The molecule has 5 rings (SSSR count). The Morgan fingerprint density at radius 1 is 0.964 bits per heavy atom. The van der Waals surface area contributed by atoms with Gasteiger partial charge >= 0.3 is 0 Å². The molecule has 0 saturated carbocycles. The highest BCUT2D eigenvalue weighted by Gasteiger charge is 2.11. The highest BCUT2D eigenvalue weighted by atomic mass is 32.1. The normalized spacial score (nSPS) is 11.2. The molecule has 7 heteroatoms. The molecule has 0 spiro atoms. The molecule has 0 fully saturated rings. The molecule has 0 bridgehead atoms. The van der Waals surface area contributed by atoms with Crippen LogP contribution in [0, 0.1) is 0 Å². The van der Waals surface area contributed by atoms with Gasteiger partial charge in [-0.1, -0.05) is 6.92 Å². The number of nitrogens with zero attached hydrogens (tertiary/aromatic N) is 5. The van der Waals surface area contributed by atoms with E-state index in [0.29, 0.717) is 11.5 Å². The number of nitrogens with one attached hydrogen (secondary N) is 1. The molecule has 0 saturated heterocycles. The number of anilines is 2. The Morgan fingerprint density at radius 3 is 2.71 bits per heavy atom. The van der Waals surface area contributed by atoms with Crippen molar-refractivity contribution < 1.29 is 0 Å². The lowest BCUT2D eigenvalue weighted by Crippen LogP contribution is -2.00. The molecule has 0 aliphatic heterocycles. The number of pyridine rings is 2. The fourth-order valence-corrected chi connectivity index (χ4v) is 3.97. The molecule has 0 amide bonds. The number of thiazole rings is 1. The van der Waals surface area contributed by atoms with Crippen LogP contribution < -0.4 is 5.32 Å². The lowest BCUT2D eigenvalue weighted by molar-refractivity contribution is 1.11. The van der Waals surface area contributed by atoms with Crippen LogP contribution in [0.2, 0.25) is 0 Å². The van der Waals surface area contributed by atoms with Crippen LogP contribution in [0.15, 0.2) is 61.1 Å². The third-order valence-electron chi connectivity index (χ3n) is 4.41. The second-order valence-corrected chi connectivity index (χ2v) is 7.39. The van der Waals surface area contributed by atoms with E-state index in [1.165, 1.54) is 0 Å². The number of hydrogen-bond acceptors (Lipinski definition) is 7. The summed E-state index contributed by atoms with van der Waals surface area (Å²) in [5.74, 6) is 1.34. The first-order chi connectivity index (χ1) is 13.8. The number of aromatic nitrogens is 5. The number of aryl methyl sites for hydroxylation is 1. The first-order valence-corrected chi connectivity index (χ1v) is 9.81. The van der Waals surface area contributed by atoms with Crippen molar-refractivity contribution in [3.05, 3.63) is 66.1 Å². The standard InChI is InChI=1S/C21H16N6S/c1-2-18-25-16-6-5-14(12-17(16)28-18)24-21-15-4-3-9-23-20(15)26-19(27-21)13-7-10-22-11-8-13/h3-12H,2H2,1H3,(H,23,24,26,27). The summed E-state index contributed by atoms with van der Waals surface area (Å²) in [6.07, 6.45) is 6.15. The highest BCUT2D eigenvalue weighted by Crippen LogP contribution is 2.29. The van der Waals surface area contributed by atoms with Gasteiger partial charge in [-0.3, -0.25) is 4.98 Å². The largest absolute Gasteiger partial charge is 0.340 e. The van der Waals surface area contributed by atoms with Crippen LogP contribution in [0.3, 0.4) is 0 Å². The molecule has 1 N–H and O–H groups in total. The molecule has 0 atom stereocenters. The van der Waals surface area contributed by atoms with Gasteiger partial charge in [0.2, 0.25) is 0 Å². The van der Waals surface area contributed by atoms with E-state index in [1.807, 2.05) is 36.4 Å². The Balaban J connectivity index is 1.61. The van der Waals surface area contributed by atoms with Gasteiger partial charge in [-0.15, -0.1) is 11.3 Å². The molecule has 136 valence electrons. The van der Waals surface area contributed by atoms with E-state index < -0.39 is 0 Å². The summed E-state index contributed by atoms with van der Waals surface area (Å²) >= 11 is 1.72. The van der Waals surface area contributed by atoms with E-state index in [9.17, 15) is 0 Å². The minimum atomic E-state index is 0.614. The average molecular weight is 384 g/mol. The topological polar surface area (TPSA) is 76.5 Å². The molecular weight excluding hydrogens is 368 g/mol. The Bertz CT molecular complexity index is 1280. The van der Waals surface area contributed by atoms with Crippen LogP contribution >= 0.6 is 11.3 Å². The maximum absolute atomic E-state index is 4.77. The molecule has 1 aromatic carbocycles. The van der Waals surface area contributed by atoms with Crippen LogP contribution in [-0.2, 0) is 6.42 Å². The van der Waals surface area contributed by atoms with Crippen molar-refractivity contribution in [3.8, 4) is 11.4 Å². The molecule has 4 heterocycles. The van der Waals surface area contributed by atoms with E-state index in [0.717, 1.165) is 44.1 Å². The van der Waals surface area contributed by atoms with Gasteiger partial charge in [0, 0.05) is 29.8 Å². The molecule has 4 aromatic heterocycles. The van der Waals surface area contributed by atoms with Crippen molar-refractivity contribution in [2.45, 2.75) is 13.3 Å². The maximum Gasteiger partial charge on any atom is 0.165 e. The fourth-order valence-electron chi connectivity index (χ4n) is 3.03. The molecule has 0 aliphatic carbocycles.